The number of nitrogens with zero attached hydrogens (tertiary/aromatic N) is 1. The number of halogens is 3. The zero-order valence-electron chi connectivity index (χ0n) is 6.86. The van der Waals surface area contributed by atoms with Crippen molar-refractivity contribution in [1.82, 2.24) is 4.90 Å². The van der Waals surface area contributed by atoms with Crippen molar-refractivity contribution < 1.29 is 8.78 Å². The number of alkyl halides is 3. The zero-order chi connectivity index (χ0) is 8.85. The summed E-state index contributed by atoms with van der Waals surface area (Å²) in [6, 6.07) is 0.141. The maximum absolute atomic E-state index is 11.9. The fourth-order valence-electron chi connectivity index (χ4n) is 0.846. The molecular formula is C7H14ClF2N. The Bertz CT molecular complexity index is 98.4. The van der Waals surface area contributed by atoms with Gasteiger partial charge in [-0.3, -0.25) is 4.90 Å². The lowest BCUT2D eigenvalue weighted by Crippen LogP contribution is -2.36. The smallest absolute Gasteiger partial charge is 0.251 e. The van der Waals surface area contributed by atoms with Crippen LogP contribution in [0.4, 0.5) is 8.78 Å². The molecule has 0 radical (unpaired) electrons. The Kier molecular flexibility index (Phi) is 5.78. The first kappa shape index (κ1) is 11.1. The molecule has 0 saturated heterocycles. The molecule has 0 rings (SSSR count). The van der Waals surface area contributed by atoms with Gasteiger partial charge < -0.3 is 0 Å². The van der Waals surface area contributed by atoms with Gasteiger partial charge in [-0.05, 0) is 13.8 Å². The second-order valence-corrected chi connectivity index (χ2v) is 3.05. The van der Waals surface area contributed by atoms with E-state index in [1.807, 2.05) is 13.8 Å². The van der Waals surface area contributed by atoms with Crippen LogP contribution in [0.5, 0.6) is 0 Å². The second kappa shape index (κ2) is 5.72. The molecule has 0 aliphatic heterocycles. The minimum atomic E-state index is -2.26. The van der Waals surface area contributed by atoms with Crippen molar-refractivity contribution in [2.45, 2.75) is 26.3 Å². The lowest BCUT2D eigenvalue weighted by Gasteiger charge is -2.24. The van der Waals surface area contributed by atoms with E-state index in [0.717, 1.165) is 0 Å². The van der Waals surface area contributed by atoms with Gasteiger partial charge in [0.2, 0.25) is 0 Å². The predicted molar refractivity (Wildman–Crippen MR) is 43.4 cm³/mol. The first-order valence-corrected chi connectivity index (χ1v) is 4.19. The van der Waals surface area contributed by atoms with E-state index in [-0.39, 0.29) is 12.6 Å². The lowest BCUT2D eigenvalue weighted by atomic mass is 10.3. The van der Waals surface area contributed by atoms with Gasteiger partial charge >= 0.3 is 0 Å². The van der Waals surface area contributed by atoms with E-state index in [2.05, 4.69) is 0 Å². The van der Waals surface area contributed by atoms with E-state index in [1.165, 1.54) is 0 Å². The average Bonchev–Trinajstić information content (AvgIpc) is 1.86. The van der Waals surface area contributed by atoms with Gasteiger partial charge in [-0.25, -0.2) is 8.78 Å². The van der Waals surface area contributed by atoms with Gasteiger partial charge in [0.15, 0.2) is 0 Å². The first-order chi connectivity index (χ1) is 5.07. The summed E-state index contributed by atoms with van der Waals surface area (Å²) in [5.74, 6) is 0.408. The molecule has 0 saturated carbocycles. The number of rotatable bonds is 5. The second-order valence-electron chi connectivity index (χ2n) is 2.67. The van der Waals surface area contributed by atoms with Crippen LogP contribution in [-0.2, 0) is 0 Å². The molecule has 0 spiro atoms. The van der Waals surface area contributed by atoms with Crippen LogP contribution in [0, 0.1) is 0 Å². The Morgan fingerprint density at radius 3 is 2.18 bits per heavy atom. The van der Waals surface area contributed by atoms with E-state index in [1.54, 1.807) is 4.90 Å². The van der Waals surface area contributed by atoms with Crippen LogP contribution in [0.25, 0.3) is 0 Å². The van der Waals surface area contributed by atoms with E-state index >= 15 is 0 Å². The van der Waals surface area contributed by atoms with Crippen LogP contribution >= 0.6 is 11.6 Å². The molecule has 1 nitrogen and oxygen atoms in total. The van der Waals surface area contributed by atoms with Crippen molar-refractivity contribution in [3.63, 3.8) is 0 Å². The van der Waals surface area contributed by atoms with Crippen LogP contribution in [0.1, 0.15) is 13.8 Å². The molecule has 0 fully saturated rings. The molecule has 0 heterocycles. The summed E-state index contributed by atoms with van der Waals surface area (Å²) in [6.07, 6.45) is -2.26. The van der Waals surface area contributed by atoms with E-state index in [4.69, 9.17) is 11.6 Å². The summed E-state index contributed by atoms with van der Waals surface area (Å²) < 4.78 is 23.8. The number of hydrogen-bond acceptors (Lipinski definition) is 1. The summed E-state index contributed by atoms with van der Waals surface area (Å²) >= 11 is 5.44. The summed E-state index contributed by atoms with van der Waals surface area (Å²) in [7, 11) is 0. The molecule has 0 amide bonds. The summed E-state index contributed by atoms with van der Waals surface area (Å²) in [4.78, 5) is 1.66. The molecule has 68 valence electrons. The third-order valence-electron chi connectivity index (χ3n) is 1.47. The molecule has 0 aromatic heterocycles. The van der Waals surface area contributed by atoms with Gasteiger partial charge in [0, 0.05) is 18.5 Å². The Morgan fingerprint density at radius 1 is 1.36 bits per heavy atom. The van der Waals surface area contributed by atoms with Crippen LogP contribution in [0.2, 0.25) is 0 Å². The quantitative estimate of drug-likeness (QED) is 0.594. The highest BCUT2D eigenvalue weighted by atomic mass is 35.5. The van der Waals surface area contributed by atoms with Crippen LogP contribution < -0.4 is 0 Å². The van der Waals surface area contributed by atoms with E-state index in [9.17, 15) is 8.78 Å². The fourth-order valence-corrected chi connectivity index (χ4v) is 1.06. The van der Waals surface area contributed by atoms with Crippen molar-refractivity contribution in [2.24, 2.45) is 0 Å². The minimum absolute atomic E-state index is 0.141. The van der Waals surface area contributed by atoms with E-state index < -0.39 is 6.43 Å². The third-order valence-corrected chi connectivity index (χ3v) is 1.64. The highest BCUT2D eigenvalue weighted by Gasteiger charge is 2.13. The molecule has 0 aromatic carbocycles. The van der Waals surface area contributed by atoms with Crippen molar-refractivity contribution >= 4 is 11.6 Å². The molecule has 0 N–H and O–H groups in total. The van der Waals surface area contributed by atoms with Crippen molar-refractivity contribution in [2.75, 3.05) is 19.0 Å². The maximum atomic E-state index is 11.9. The summed E-state index contributed by atoms with van der Waals surface area (Å²) in [5.41, 5.74) is 0. The van der Waals surface area contributed by atoms with Crippen LogP contribution in [0.3, 0.4) is 0 Å². The molecule has 0 aliphatic carbocycles. The van der Waals surface area contributed by atoms with Crippen molar-refractivity contribution in [3.8, 4) is 0 Å². The molecule has 4 heteroatoms. The van der Waals surface area contributed by atoms with Gasteiger partial charge in [0.25, 0.3) is 6.43 Å². The molecule has 0 unspecified atom stereocenters. The summed E-state index contributed by atoms with van der Waals surface area (Å²) in [5, 5.41) is 0. The molecule has 0 aromatic rings. The van der Waals surface area contributed by atoms with Gasteiger partial charge in [-0.1, -0.05) is 0 Å². The standard InChI is InChI=1S/C7H14ClF2N/c1-6(2)11(4-3-8)5-7(9)10/h6-7H,3-5H2,1-2H3. The molecule has 0 aliphatic rings. The van der Waals surface area contributed by atoms with Crippen LogP contribution in [0.15, 0.2) is 0 Å². The minimum Gasteiger partial charge on any atom is -0.294 e. The Balaban J connectivity index is 3.69. The highest BCUT2D eigenvalue weighted by Crippen LogP contribution is 2.03. The SMILES string of the molecule is CC(C)N(CCCl)CC(F)F. The van der Waals surface area contributed by atoms with Gasteiger partial charge in [0.05, 0.1) is 6.54 Å². The normalized spacial score (nSPS) is 12.0. The molecule has 0 atom stereocenters. The first-order valence-electron chi connectivity index (χ1n) is 3.66. The topological polar surface area (TPSA) is 3.24 Å². The molecular weight excluding hydrogens is 172 g/mol. The maximum Gasteiger partial charge on any atom is 0.251 e. The molecule has 11 heavy (non-hydrogen) atoms. The van der Waals surface area contributed by atoms with Gasteiger partial charge in [-0.2, -0.15) is 0 Å². The Hall–Kier alpha value is 0.110. The van der Waals surface area contributed by atoms with Gasteiger partial charge in [0.1, 0.15) is 0 Å². The summed E-state index contributed by atoms with van der Waals surface area (Å²) in [6.45, 7) is 4.12. The lowest BCUT2D eigenvalue weighted by molar-refractivity contribution is 0.0767. The average molecular weight is 186 g/mol. The Morgan fingerprint density at radius 2 is 1.91 bits per heavy atom. The van der Waals surface area contributed by atoms with Crippen LogP contribution in [-0.4, -0.2) is 36.3 Å². The Labute approximate surface area is 71.3 Å². The van der Waals surface area contributed by atoms with E-state index in [0.29, 0.717) is 12.4 Å². The largest absolute Gasteiger partial charge is 0.294 e. The van der Waals surface area contributed by atoms with Crippen molar-refractivity contribution in [1.29, 1.82) is 0 Å². The predicted octanol–water partition coefficient (Wildman–Crippen LogP) is 2.20. The van der Waals surface area contributed by atoms with Crippen molar-refractivity contribution in [3.05, 3.63) is 0 Å². The highest BCUT2D eigenvalue weighted by molar-refractivity contribution is 6.18. The molecule has 0 bridgehead atoms. The fraction of sp³-hybridized carbons (Fsp3) is 1.00. The third kappa shape index (κ3) is 5.39. The monoisotopic (exact) mass is 185 g/mol. The zero-order valence-corrected chi connectivity index (χ0v) is 7.61. The number of hydrogen-bond donors (Lipinski definition) is 0. The van der Waals surface area contributed by atoms with Gasteiger partial charge in [-0.15, -0.1) is 11.6 Å².